The van der Waals surface area contributed by atoms with E-state index in [-0.39, 0.29) is 5.56 Å². The van der Waals surface area contributed by atoms with E-state index in [2.05, 4.69) is 5.32 Å². The van der Waals surface area contributed by atoms with Gasteiger partial charge in [-0.15, -0.1) is 0 Å². The van der Waals surface area contributed by atoms with Crippen LogP contribution in [-0.2, 0) is 4.79 Å². The Morgan fingerprint density at radius 3 is 1.96 bits per heavy atom. The normalized spacial score (nSPS) is 12.9. The van der Waals surface area contributed by atoms with E-state index in [1.165, 1.54) is 24.3 Å². The predicted molar refractivity (Wildman–Crippen MR) is 84.0 cm³/mol. The molecule has 2 aromatic carbocycles. The van der Waals surface area contributed by atoms with Gasteiger partial charge in [-0.25, -0.2) is 4.90 Å². The first-order valence-electron chi connectivity index (χ1n) is 7.07. The van der Waals surface area contributed by atoms with Crippen LogP contribution in [0.3, 0.4) is 0 Å². The average Bonchev–Trinajstić information content (AvgIpc) is 2.84. The summed E-state index contributed by atoms with van der Waals surface area (Å²) in [5.41, 5.74) is 1.25. The SMILES string of the molecule is O=C(O)CNC(=O)c1ccc(N2C(=O)c3ccccc3C2=O)cc1. The Kier molecular flexibility index (Phi) is 3.83. The summed E-state index contributed by atoms with van der Waals surface area (Å²) in [5, 5.41) is 10.8. The summed E-state index contributed by atoms with van der Waals surface area (Å²) in [6.07, 6.45) is 0. The third-order valence-corrected chi connectivity index (χ3v) is 3.58. The van der Waals surface area contributed by atoms with Crippen LogP contribution in [0.25, 0.3) is 0 Å². The van der Waals surface area contributed by atoms with Crippen molar-refractivity contribution in [2.75, 3.05) is 11.4 Å². The Morgan fingerprint density at radius 2 is 1.46 bits per heavy atom. The van der Waals surface area contributed by atoms with Crippen LogP contribution in [-0.4, -0.2) is 35.3 Å². The average molecular weight is 324 g/mol. The number of carbonyl (C=O) groups excluding carboxylic acids is 3. The molecule has 0 saturated carbocycles. The Bertz CT molecular complexity index is 823. The lowest BCUT2D eigenvalue weighted by Crippen LogP contribution is -2.30. The molecule has 0 bridgehead atoms. The molecule has 3 rings (SSSR count). The standard InChI is InChI=1S/C17H12N2O5/c20-14(21)9-18-15(22)10-5-7-11(8-6-10)19-16(23)12-3-1-2-4-13(12)17(19)24/h1-8H,9H2,(H,18,22)(H,20,21). The maximum absolute atomic E-state index is 12.4. The molecule has 1 heterocycles. The van der Waals surface area contributed by atoms with Gasteiger partial charge in [0.2, 0.25) is 0 Å². The van der Waals surface area contributed by atoms with E-state index in [0.29, 0.717) is 16.8 Å². The monoisotopic (exact) mass is 324 g/mol. The quantitative estimate of drug-likeness (QED) is 0.825. The number of hydrogen-bond acceptors (Lipinski definition) is 4. The molecule has 2 N–H and O–H groups in total. The molecule has 1 aliphatic rings. The highest BCUT2D eigenvalue weighted by molar-refractivity contribution is 6.34. The van der Waals surface area contributed by atoms with E-state index in [0.717, 1.165) is 4.90 Å². The molecule has 0 aromatic heterocycles. The van der Waals surface area contributed by atoms with Crippen LogP contribution < -0.4 is 10.2 Å². The molecule has 0 atom stereocenters. The van der Waals surface area contributed by atoms with Crippen molar-refractivity contribution in [3.05, 3.63) is 65.2 Å². The molecular weight excluding hydrogens is 312 g/mol. The van der Waals surface area contributed by atoms with Gasteiger partial charge in [0.1, 0.15) is 6.54 Å². The minimum atomic E-state index is -1.15. The van der Waals surface area contributed by atoms with Gasteiger partial charge in [0.15, 0.2) is 0 Å². The fourth-order valence-corrected chi connectivity index (χ4v) is 2.44. The number of rotatable bonds is 4. The van der Waals surface area contributed by atoms with Crippen molar-refractivity contribution in [2.24, 2.45) is 0 Å². The molecule has 120 valence electrons. The Balaban J connectivity index is 1.82. The zero-order valence-electron chi connectivity index (χ0n) is 12.4. The molecule has 1 aliphatic heterocycles. The van der Waals surface area contributed by atoms with Gasteiger partial charge in [-0.1, -0.05) is 12.1 Å². The van der Waals surface area contributed by atoms with Crippen molar-refractivity contribution in [3.63, 3.8) is 0 Å². The summed E-state index contributed by atoms with van der Waals surface area (Å²) in [6.45, 7) is -0.487. The van der Waals surface area contributed by atoms with Gasteiger partial charge in [-0.2, -0.15) is 0 Å². The highest BCUT2D eigenvalue weighted by Gasteiger charge is 2.36. The smallest absolute Gasteiger partial charge is 0.322 e. The zero-order chi connectivity index (χ0) is 17.3. The van der Waals surface area contributed by atoms with E-state index in [1.54, 1.807) is 24.3 Å². The highest BCUT2D eigenvalue weighted by atomic mass is 16.4. The van der Waals surface area contributed by atoms with E-state index in [1.807, 2.05) is 0 Å². The van der Waals surface area contributed by atoms with Crippen LogP contribution in [0.4, 0.5) is 5.69 Å². The third-order valence-electron chi connectivity index (χ3n) is 3.58. The molecular formula is C17H12N2O5. The van der Waals surface area contributed by atoms with Gasteiger partial charge in [0.25, 0.3) is 17.7 Å². The second kappa shape index (κ2) is 5.96. The summed E-state index contributed by atoms with van der Waals surface area (Å²) >= 11 is 0. The number of nitrogens with one attached hydrogen (secondary N) is 1. The lowest BCUT2D eigenvalue weighted by molar-refractivity contribution is -0.135. The van der Waals surface area contributed by atoms with Crippen LogP contribution in [0, 0.1) is 0 Å². The number of nitrogens with zero attached hydrogens (tertiary/aromatic N) is 1. The molecule has 2 aromatic rings. The number of fused-ring (bicyclic) bond motifs is 1. The predicted octanol–water partition coefficient (Wildman–Crippen LogP) is 1.30. The Labute approximate surface area is 136 Å². The zero-order valence-corrected chi connectivity index (χ0v) is 12.4. The van der Waals surface area contributed by atoms with Crippen molar-refractivity contribution in [2.45, 2.75) is 0 Å². The molecule has 0 radical (unpaired) electrons. The van der Waals surface area contributed by atoms with Crippen molar-refractivity contribution >= 4 is 29.4 Å². The molecule has 24 heavy (non-hydrogen) atoms. The van der Waals surface area contributed by atoms with Crippen LogP contribution in [0.2, 0.25) is 0 Å². The van der Waals surface area contributed by atoms with Crippen molar-refractivity contribution in [3.8, 4) is 0 Å². The van der Waals surface area contributed by atoms with Gasteiger partial charge in [0, 0.05) is 5.56 Å². The van der Waals surface area contributed by atoms with E-state index >= 15 is 0 Å². The second-order valence-electron chi connectivity index (χ2n) is 5.11. The number of hydrogen-bond donors (Lipinski definition) is 2. The van der Waals surface area contributed by atoms with Gasteiger partial charge in [-0.05, 0) is 36.4 Å². The number of imide groups is 1. The first-order chi connectivity index (χ1) is 11.5. The number of anilines is 1. The third kappa shape index (κ3) is 2.63. The molecule has 7 nitrogen and oxygen atoms in total. The number of carboxylic acids is 1. The number of carbonyl (C=O) groups is 4. The van der Waals surface area contributed by atoms with Gasteiger partial charge in [0.05, 0.1) is 16.8 Å². The molecule has 3 amide bonds. The first kappa shape index (κ1) is 15.4. The molecule has 0 fully saturated rings. The maximum Gasteiger partial charge on any atom is 0.322 e. The van der Waals surface area contributed by atoms with Crippen LogP contribution in [0.15, 0.2) is 48.5 Å². The van der Waals surface area contributed by atoms with Gasteiger partial charge >= 0.3 is 5.97 Å². The lowest BCUT2D eigenvalue weighted by Gasteiger charge is -2.14. The fraction of sp³-hybridized carbons (Fsp3) is 0.0588. The molecule has 7 heteroatoms. The van der Waals surface area contributed by atoms with Gasteiger partial charge in [-0.3, -0.25) is 19.2 Å². The highest BCUT2D eigenvalue weighted by Crippen LogP contribution is 2.28. The van der Waals surface area contributed by atoms with E-state index in [4.69, 9.17) is 5.11 Å². The number of carboxylic acid groups (broad SMARTS) is 1. The van der Waals surface area contributed by atoms with Crippen LogP contribution in [0.1, 0.15) is 31.1 Å². The van der Waals surface area contributed by atoms with Crippen molar-refractivity contribution in [1.82, 2.24) is 5.32 Å². The lowest BCUT2D eigenvalue weighted by atomic mass is 10.1. The summed E-state index contributed by atoms with van der Waals surface area (Å²) in [7, 11) is 0. The van der Waals surface area contributed by atoms with Crippen LogP contribution in [0.5, 0.6) is 0 Å². The second-order valence-corrected chi connectivity index (χ2v) is 5.11. The Hall–Kier alpha value is -3.48. The number of amides is 3. The number of benzene rings is 2. The topological polar surface area (TPSA) is 104 Å². The summed E-state index contributed by atoms with van der Waals surface area (Å²) < 4.78 is 0. The maximum atomic E-state index is 12.4. The fourth-order valence-electron chi connectivity index (χ4n) is 2.44. The number of aliphatic carboxylic acids is 1. The first-order valence-corrected chi connectivity index (χ1v) is 7.07. The van der Waals surface area contributed by atoms with Gasteiger partial charge < -0.3 is 10.4 Å². The minimum Gasteiger partial charge on any atom is -0.480 e. The molecule has 0 unspecified atom stereocenters. The van der Waals surface area contributed by atoms with Crippen LogP contribution >= 0.6 is 0 Å². The van der Waals surface area contributed by atoms with Crippen molar-refractivity contribution < 1.29 is 24.3 Å². The summed E-state index contributed by atoms with van der Waals surface area (Å²) in [4.78, 5) is 48.0. The Morgan fingerprint density at radius 1 is 0.917 bits per heavy atom. The molecule has 0 spiro atoms. The largest absolute Gasteiger partial charge is 0.480 e. The summed E-state index contributed by atoms with van der Waals surface area (Å²) in [5.74, 6) is -2.53. The molecule has 0 aliphatic carbocycles. The van der Waals surface area contributed by atoms with Crippen molar-refractivity contribution in [1.29, 1.82) is 0 Å². The molecule has 0 saturated heterocycles. The minimum absolute atomic E-state index is 0.233. The van der Waals surface area contributed by atoms with E-state index in [9.17, 15) is 19.2 Å². The van der Waals surface area contributed by atoms with E-state index < -0.39 is 30.2 Å². The summed E-state index contributed by atoms with van der Waals surface area (Å²) in [6, 6.07) is 12.3.